The predicted octanol–water partition coefficient (Wildman–Crippen LogP) is 3.28. The molecule has 0 fully saturated rings. The van der Waals surface area contributed by atoms with E-state index in [9.17, 15) is 4.79 Å². The van der Waals surface area contributed by atoms with E-state index in [2.05, 4.69) is 25.2 Å². The quantitative estimate of drug-likeness (QED) is 0.448. The summed E-state index contributed by atoms with van der Waals surface area (Å²) in [4.78, 5) is 11.1. The molecule has 0 aromatic carbocycles. The zero-order chi connectivity index (χ0) is 10.1. The lowest BCUT2D eigenvalue weighted by molar-refractivity contribution is -0.139. The third kappa shape index (κ3) is 6.38. The number of carbonyl (C=O) groups is 1. The molecule has 0 saturated carbocycles. The normalized spacial score (nSPS) is 12.2. The van der Waals surface area contributed by atoms with E-state index < -0.39 is 0 Å². The van der Waals surface area contributed by atoms with Crippen LogP contribution in [-0.2, 0) is 9.53 Å². The predicted molar refractivity (Wildman–Crippen MR) is 54.2 cm³/mol. The fourth-order valence-corrected chi connectivity index (χ4v) is 1.32. The Kier molecular flexibility index (Phi) is 7.36. The minimum Gasteiger partial charge on any atom is -0.435 e. The van der Waals surface area contributed by atoms with Crippen LogP contribution in [0.15, 0.2) is 12.8 Å². The molecule has 0 aliphatic rings. The van der Waals surface area contributed by atoms with Crippen LogP contribution in [0, 0.1) is 5.92 Å². The second-order valence-corrected chi connectivity index (χ2v) is 3.28. The maximum atomic E-state index is 11.1. The molecule has 13 heavy (non-hydrogen) atoms. The van der Waals surface area contributed by atoms with Gasteiger partial charge < -0.3 is 4.74 Å². The van der Waals surface area contributed by atoms with Gasteiger partial charge in [0.05, 0.1) is 6.26 Å². The average molecular weight is 184 g/mol. The molecule has 0 saturated heterocycles. The van der Waals surface area contributed by atoms with Crippen molar-refractivity contribution in [3.8, 4) is 0 Å². The van der Waals surface area contributed by atoms with E-state index in [1.54, 1.807) is 0 Å². The van der Waals surface area contributed by atoms with Crippen molar-refractivity contribution in [2.75, 3.05) is 0 Å². The van der Waals surface area contributed by atoms with Crippen molar-refractivity contribution in [2.45, 2.75) is 46.0 Å². The van der Waals surface area contributed by atoms with E-state index in [-0.39, 0.29) is 5.97 Å². The van der Waals surface area contributed by atoms with Gasteiger partial charge in [-0.1, -0.05) is 39.7 Å². The van der Waals surface area contributed by atoms with Gasteiger partial charge in [0, 0.05) is 6.42 Å². The Balaban J connectivity index is 3.68. The van der Waals surface area contributed by atoms with Crippen LogP contribution >= 0.6 is 0 Å². The first kappa shape index (κ1) is 12.2. The highest BCUT2D eigenvalue weighted by Crippen LogP contribution is 2.16. The summed E-state index contributed by atoms with van der Waals surface area (Å²) in [6.07, 6.45) is 6.29. The van der Waals surface area contributed by atoms with E-state index in [1.807, 2.05) is 0 Å². The Morgan fingerprint density at radius 1 is 1.54 bits per heavy atom. The van der Waals surface area contributed by atoms with Crippen LogP contribution in [-0.4, -0.2) is 5.97 Å². The van der Waals surface area contributed by atoms with Crippen molar-refractivity contribution in [3.05, 3.63) is 12.8 Å². The van der Waals surface area contributed by atoms with Gasteiger partial charge in [-0.15, -0.1) is 0 Å². The van der Waals surface area contributed by atoms with Crippen molar-refractivity contribution in [2.24, 2.45) is 5.92 Å². The smallest absolute Gasteiger partial charge is 0.310 e. The highest BCUT2D eigenvalue weighted by atomic mass is 16.5. The monoisotopic (exact) mass is 184 g/mol. The van der Waals surface area contributed by atoms with Crippen LogP contribution in [0.4, 0.5) is 0 Å². The van der Waals surface area contributed by atoms with Gasteiger partial charge in [0.25, 0.3) is 0 Å². The molecule has 0 N–H and O–H groups in total. The van der Waals surface area contributed by atoms with Crippen LogP contribution in [0.2, 0.25) is 0 Å². The molecule has 2 heteroatoms. The molecule has 0 aromatic rings. The van der Waals surface area contributed by atoms with Gasteiger partial charge in [-0.3, -0.25) is 4.79 Å². The lowest BCUT2D eigenvalue weighted by Crippen LogP contribution is -2.08. The summed E-state index contributed by atoms with van der Waals surface area (Å²) >= 11 is 0. The summed E-state index contributed by atoms with van der Waals surface area (Å²) in [6.45, 7) is 7.63. The number of hydrogen-bond acceptors (Lipinski definition) is 2. The molecule has 1 unspecified atom stereocenters. The molecule has 0 aliphatic heterocycles. The lowest BCUT2D eigenvalue weighted by atomic mass is 9.96. The first-order chi connectivity index (χ1) is 6.24. The van der Waals surface area contributed by atoms with Crippen LogP contribution in [0.25, 0.3) is 0 Å². The fraction of sp³-hybridized carbons (Fsp3) is 0.727. The first-order valence-electron chi connectivity index (χ1n) is 5.04. The standard InChI is InChI=1S/C11H20O2/c1-4-7-8-10(5-2)9-11(12)13-6-3/h6,10H,3-5,7-9H2,1-2H3. The molecular formula is C11H20O2. The zero-order valence-electron chi connectivity index (χ0n) is 8.71. The summed E-state index contributed by atoms with van der Waals surface area (Å²) in [5.74, 6) is 0.324. The van der Waals surface area contributed by atoms with Crippen LogP contribution < -0.4 is 0 Å². The number of hydrogen-bond donors (Lipinski definition) is 0. The highest BCUT2D eigenvalue weighted by Gasteiger charge is 2.11. The Morgan fingerprint density at radius 3 is 2.69 bits per heavy atom. The van der Waals surface area contributed by atoms with Crippen molar-refractivity contribution >= 4 is 5.97 Å². The van der Waals surface area contributed by atoms with Crippen molar-refractivity contribution in [3.63, 3.8) is 0 Å². The summed E-state index contributed by atoms with van der Waals surface area (Å²) in [7, 11) is 0. The summed E-state index contributed by atoms with van der Waals surface area (Å²) < 4.78 is 4.68. The average Bonchev–Trinajstić information content (AvgIpc) is 2.12. The number of esters is 1. The number of rotatable bonds is 7. The number of carbonyl (C=O) groups excluding carboxylic acids is 1. The molecule has 0 radical (unpaired) electrons. The third-order valence-corrected chi connectivity index (χ3v) is 2.21. The third-order valence-electron chi connectivity index (χ3n) is 2.21. The molecule has 0 aromatic heterocycles. The topological polar surface area (TPSA) is 26.3 Å². The molecule has 0 bridgehead atoms. The Labute approximate surface area is 81.0 Å². The summed E-state index contributed by atoms with van der Waals surface area (Å²) in [5.41, 5.74) is 0. The lowest BCUT2D eigenvalue weighted by Gasteiger charge is -2.11. The molecule has 0 aliphatic carbocycles. The van der Waals surface area contributed by atoms with E-state index in [0.29, 0.717) is 12.3 Å². The van der Waals surface area contributed by atoms with Gasteiger partial charge in [-0.05, 0) is 12.3 Å². The van der Waals surface area contributed by atoms with Gasteiger partial charge in [0.2, 0.25) is 0 Å². The van der Waals surface area contributed by atoms with Gasteiger partial charge in [-0.25, -0.2) is 0 Å². The first-order valence-corrected chi connectivity index (χ1v) is 5.04. The van der Waals surface area contributed by atoms with Gasteiger partial charge in [-0.2, -0.15) is 0 Å². The molecule has 0 amide bonds. The van der Waals surface area contributed by atoms with Crippen LogP contribution in [0.1, 0.15) is 46.0 Å². The van der Waals surface area contributed by atoms with E-state index in [0.717, 1.165) is 12.8 Å². The van der Waals surface area contributed by atoms with Crippen LogP contribution in [0.5, 0.6) is 0 Å². The SMILES string of the molecule is C=COC(=O)CC(CC)CCCC. The van der Waals surface area contributed by atoms with E-state index in [4.69, 9.17) is 0 Å². The largest absolute Gasteiger partial charge is 0.435 e. The fourth-order valence-electron chi connectivity index (χ4n) is 1.32. The zero-order valence-corrected chi connectivity index (χ0v) is 8.71. The van der Waals surface area contributed by atoms with Gasteiger partial charge in [0.15, 0.2) is 0 Å². The van der Waals surface area contributed by atoms with Crippen molar-refractivity contribution < 1.29 is 9.53 Å². The Bertz CT molecular complexity index is 152. The number of unbranched alkanes of at least 4 members (excludes halogenated alkanes) is 1. The van der Waals surface area contributed by atoms with Crippen molar-refractivity contribution in [1.29, 1.82) is 0 Å². The Hall–Kier alpha value is -0.790. The molecule has 1 atom stereocenters. The van der Waals surface area contributed by atoms with E-state index in [1.165, 1.54) is 19.1 Å². The highest BCUT2D eigenvalue weighted by molar-refractivity contribution is 5.70. The molecule has 0 heterocycles. The van der Waals surface area contributed by atoms with E-state index >= 15 is 0 Å². The maximum Gasteiger partial charge on any atom is 0.310 e. The summed E-state index contributed by atoms with van der Waals surface area (Å²) in [5, 5.41) is 0. The molecular weight excluding hydrogens is 164 g/mol. The minimum atomic E-state index is -0.155. The van der Waals surface area contributed by atoms with Crippen LogP contribution in [0.3, 0.4) is 0 Å². The maximum absolute atomic E-state index is 11.1. The second kappa shape index (κ2) is 7.84. The second-order valence-electron chi connectivity index (χ2n) is 3.28. The Morgan fingerprint density at radius 2 is 2.23 bits per heavy atom. The molecule has 76 valence electrons. The van der Waals surface area contributed by atoms with Crippen molar-refractivity contribution in [1.82, 2.24) is 0 Å². The number of ether oxygens (including phenoxy) is 1. The molecule has 0 rings (SSSR count). The summed E-state index contributed by atoms with van der Waals surface area (Å²) in [6, 6.07) is 0. The molecule has 2 nitrogen and oxygen atoms in total. The minimum absolute atomic E-state index is 0.155. The molecule has 0 spiro atoms. The van der Waals surface area contributed by atoms with Gasteiger partial charge >= 0.3 is 5.97 Å². The van der Waals surface area contributed by atoms with Gasteiger partial charge in [0.1, 0.15) is 0 Å².